The van der Waals surface area contributed by atoms with Crippen LogP contribution in [0.5, 0.6) is 0 Å². The van der Waals surface area contributed by atoms with Crippen molar-refractivity contribution in [3.63, 3.8) is 0 Å². The number of imidazole rings is 2. The van der Waals surface area contributed by atoms with Crippen molar-refractivity contribution in [2.24, 2.45) is 17.3 Å². The number of hydrogen-bond acceptors (Lipinski definition) is 18. The Morgan fingerprint density at radius 3 is 2.44 bits per heavy atom. The average Bonchev–Trinajstić information content (AvgIpc) is 3.25. The SMILES string of the molecule is Nc1nc2c(ncn2[C@H]2[C@H](O)[C@@H]3OP(=O)([O-])OC[C@H]4C[C@@H](n5cnc6c(N)ncnc65)[C@H](O)[C@@H]4OP(=O)([O-])OC[C@@]34C[C@H]24)c(=O)[nH]1.[Na+].[Na+]. The largest absolute Gasteiger partial charge is 1.00 e. The molecule has 1 saturated heterocycles. The second kappa shape index (κ2) is 12.7. The van der Waals surface area contributed by atoms with Gasteiger partial charge < -0.3 is 58.7 Å². The van der Waals surface area contributed by atoms with Gasteiger partial charge in [0.25, 0.3) is 21.2 Å². The van der Waals surface area contributed by atoms with Gasteiger partial charge in [0.15, 0.2) is 22.6 Å². The third-order valence-electron chi connectivity index (χ3n) is 9.50. The molecule has 11 atom stereocenters. The summed E-state index contributed by atoms with van der Waals surface area (Å²) >= 11 is 0. The predicted molar refractivity (Wildman–Crippen MR) is 148 cm³/mol. The van der Waals surface area contributed by atoms with Crippen LogP contribution in [0.2, 0.25) is 0 Å². The van der Waals surface area contributed by atoms with Crippen LogP contribution in [0, 0.1) is 17.3 Å². The molecule has 0 bridgehead atoms. The molecule has 4 aromatic heterocycles. The second-order valence-electron chi connectivity index (χ2n) is 12.0. The number of nitrogens with one attached hydrogen (secondary N) is 1. The van der Waals surface area contributed by atoms with E-state index in [0.717, 1.165) is 0 Å². The summed E-state index contributed by atoms with van der Waals surface area (Å²) in [6, 6.07) is -1.82. The van der Waals surface area contributed by atoms with E-state index in [9.17, 15) is 33.9 Å². The standard InChI is InChI=1S/C23H28N10O11P2.2Na/c24-18-11-19(27-5-26-18)32(6-28-11)10-1-8-3-41-45(37,38)44-17-15(35)13(33-7-29-12-20(33)30-22(25)31-21(12)36)9-2-23(9,17)4-42-46(39,40)43-16(8)14(10)34;;/h5-10,13-17,34-35H,1-4H2,(H,37,38)(H,39,40)(H2,24,26,27)(H3,25,30,31,36);;/q;2*+1/p-2/t8-,9-,10-,13-,14+,15+,16-,17+,23-;;/m1../s1. The number of aromatic nitrogens is 8. The molecular formula is C23H26N10Na2O11P2. The van der Waals surface area contributed by atoms with Crippen molar-refractivity contribution in [3.05, 3.63) is 29.3 Å². The summed E-state index contributed by atoms with van der Waals surface area (Å²) in [7, 11) is -10.3. The van der Waals surface area contributed by atoms with E-state index in [2.05, 4.69) is 29.9 Å². The van der Waals surface area contributed by atoms with Gasteiger partial charge in [-0.05, 0) is 18.8 Å². The summed E-state index contributed by atoms with van der Waals surface area (Å²) in [5.74, 6) is -1.72. The monoisotopic (exact) mass is 726 g/mol. The number of H-pyrrole nitrogens is 1. The normalized spacial score (nSPS) is 39.3. The van der Waals surface area contributed by atoms with Crippen LogP contribution in [-0.2, 0) is 27.2 Å². The van der Waals surface area contributed by atoms with Gasteiger partial charge in [-0.3, -0.25) is 18.9 Å². The minimum atomic E-state index is -5.18. The molecular weight excluding hydrogens is 700 g/mol. The molecule has 8 rings (SSSR count). The summed E-state index contributed by atoms with van der Waals surface area (Å²) < 4.78 is 50.7. The van der Waals surface area contributed by atoms with E-state index in [-0.39, 0.29) is 106 Å². The third kappa shape index (κ3) is 5.84. The Kier molecular flexibility index (Phi) is 9.64. The van der Waals surface area contributed by atoms with Gasteiger partial charge in [0.05, 0.1) is 44.1 Å². The summed E-state index contributed by atoms with van der Waals surface area (Å²) in [5, 5.41) is 22.7. The molecule has 4 aromatic rings. The second-order valence-corrected chi connectivity index (χ2v) is 14.7. The number of anilines is 2. The first-order valence-electron chi connectivity index (χ1n) is 14.1. The Balaban J connectivity index is 0.00000201. The summed E-state index contributed by atoms with van der Waals surface area (Å²) in [5.41, 5.74) is 10.1. The molecule has 1 aliphatic heterocycles. The van der Waals surface area contributed by atoms with E-state index in [0.29, 0.717) is 0 Å². The molecule has 2 unspecified atom stereocenters. The number of nitrogens with zero attached hydrogens (tertiary/aromatic N) is 7. The molecule has 0 radical (unpaired) electrons. The Bertz CT molecular complexity index is 2050. The van der Waals surface area contributed by atoms with Gasteiger partial charge in [-0.1, -0.05) is 0 Å². The van der Waals surface area contributed by atoms with Gasteiger partial charge in [-0.25, -0.2) is 19.9 Å². The number of phosphoric ester groups is 2. The van der Waals surface area contributed by atoms with Gasteiger partial charge in [-0.15, -0.1) is 0 Å². The molecule has 48 heavy (non-hydrogen) atoms. The Hall–Kier alpha value is -1.36. The van der Waals surface area contributed by atoms with Crippen LogP contribution in [0.1, 0.15) is 24.9 Å². The zero-order valence-corrected chi connectivity index (χ0v) is 31.2. The van der Waals surface area contributed by atoms with Crippen molar-refractivity contribution in [2.75, 3.05) is 24.7 Å². The van der Waals surface area contributed by atoms with E-state index >= 15 is 0 Å². The van der Waals surface area contributed by atoms with Crippen LogP contribution in [-0.4, -0.2) is 86.9 Å². The van der Waals surface area contributed by atoms with Crippen LogP contribution in [0.15, 0.2) is 23.8 Å². The molecule has 7 N–H and O–H groups in total. The summed E-state index contributed by atoms with van der Waals surface area (Å²) in [4.78, 5) is 61.5. The van der Waals surface area contributed by atoms with E-state index in [1.54, 1.807) is 0 Å². The first kappa shape index (κ1) is 36.4. The third-order valence-corrected chi connectivity index (χ3v) is 11.4. The van der Waals surface area contributed by atoms with Gasteiger partial charge in [0.2, 0.25) is 5.95 Å². The van der Waals surface area contributed by atoms with E-state index in [1.165, 1.54) is 28.1 Å². The fourth-order valence-electron chi connectivity index (χ4n) is 7.35. The first-order chi connectivity index (χ1) is 21.8. The quantitative estimate of drug-likeness (QED) is 0.0946. The fourth-order valence-corrected chi connectivity index (χ4v) is 9.45. The molecule has 3 saturated carbocycles. The maximum absolute atomic E-state index is 13.2. The van der Waals surface area contributed by atoms with Crippen molar-refractivity contribution in [2.45, 2.75) is 49.3 Å². The van der Waals surface area contributed by atoms with Gasteiger partial charge >= 0.3 is 59.1 Å². The molecule has 3 aliphatic carbocycles. The smallest absolute Gasteiger partial charge is 0.756 e. The van der Waals surface area contributed by atoms with Gasteiger partial charge in [0.1, 0.15) is 30.2 Å². The number of aliphatic hydroxyl groups is 2. The van der Waals surface area contributed by atoms with Crippen LogP contribution >= 0.6 is 15.6 Å². The molecule has 21 nitrogen and oxygen atoms in total. The molecule has 1 spiro atoms. The molecule has 0 amide bonds. The van der Waals surface area contributed by atoms with Gasteiger partial charge in [0, 0.05) is 11.3 Å². The van der Waals surface area contributed by atoms with Crippen LogP contribution in [0.4, 0.5) is 11.8 Å². The van der Waals surface area contributed by atoms with E-state index < -0.39 is 88.2 Å². The average molecular weight is 726 g/mol. The van der Waals surface area contributed by atoms with Crippen molar-refractivity contribution in [1.29, 1.82) is 0 Å². The van der Waals surface area contributed by atoms with Crippen LogP contribution < -0.4 is 85.9 Å². The minimum absolute atomic E-state index is 0. The minimum Gasteiger partial charge on any atom is -0.756 e. The molecule has 4 aliphatic rings. The number of rotatable bonds is 2. The van der Waals surface area contributed by atoms with Crippen molar-refractivity contribution in [1.82, 2.24) is 39.0 Å². The Labute approximate surface area is 313 Å². The summed E-state index contributed by atoms with van der Waals surface area (Å²) in [6.45, 7) is -1.26. The number of nitrogen functional groups attached to an aromatic ring is 2. The van der Waals surface area contributed by atoms with Gasteiger partial charge in [-0.2, -0.15) is 4.98 Å². The maximum Gasteiger partial charge on any atom is 1.00 e. The van der Waals surface area contributed by atoms with Crippen LogP contribution in [0.3, 0.4) is 0 Å². The Morgan fingerprint density at radius 1 is 0.958 bits per heavy atom. The van der Waals surface area contributed by atoms with Crippen molar-refractivity contribution in [3.8, 4) is 0 Å². The molecule has 246 valence electrons. The Morgan fingerprint density at radius 2 is 1.67 bits per heavy atom. The van der Waals surface area contributed by atoms with E-state index in [1.807, 2.05) is 0 Å². The molecule has 5 heterocycles. The zero-order chi connectivity index (χ0) is 32.3. The maximum atomic E-state index is 13.2. The van der Waals surface area contributed by atoms with E-state index in [4.69, 9.17) is 29.6 Å². The molecule has 4 fully saturated rings. The summed E-state index contributed by atoms with van der Waals surface area (Å²) in [6.07, 6.45) is -2.12. The number of phosphoric acid groups is 2. The predicted octanol–water partition coefficient (Wildman–Crippen LogP) is -8.27. The van der Waals surface area contributed by atoms with Crippen molar-refractivity contribution < 1.29 is 106 Å². The topological polar surface area (TPSA) is 317 Å². The number of aliphatic hydroxyl groups excluding tert-OH is 2. The number of nitrogens with two attached hydrogens (primary N) is 2. The van der Waals surface area contributed by atoms with Crippen molar-refractivity contribution >= 4 is 49.7 Å². The zero-order valence-electron chi connectivity index (χ0n) is 25.4. The number of hydrogen-bond donors (Lipinski definition) is 5. The fraction of sp³-hybridized carbons (Fsp3) is 0.565. The first-order valence-corrected chi connectivity index (χ1v) is 17.0. The molecule has 25 heteroatoms. The number of aromatic amines is 1. The number of fused-ring (bicyclic) bond motifs is 3. The molecule has 0 aromatic carbocycles. The van der Waals surface area contributed by atoms with Crippen LogP contribution in [0.25, 0.3) is 22.3 Å².